The minimum absolute atomic E-state index is 0.178. The molecule has 1 heterocycles. The van der Waals surface area contributed by atoms with Gasteiger partial charge in [-0.25, -0.2) is 0 Å². The van der Waals surface area contributed by atoms with Gasteiger partial charge in [-0.3, -0.25) is 4.79 Å². The van der Waals surface area contributed by atoms with E-state index in [0.717, 1.165) is 0 Å². The number of rotatable bonds is 3. The molecular weight excluding hydrogens is 246 g/mol. The summed E-state index contributed by atoms with van der Waals surface area (Å²) in [5, 5.41) is 1.21. The Labute approximate surface area is 109 Å². The van der Waals surface area contributed by atoms with Gasteiger partial charge in [0, 0.05) is 15.5 Å². The molecule has 0 saturated heterocycles. The van der Waals surface area contributed by atoms with E-state index in [9.17, 15) is 4.79 Å². The Morgan fingerprint density at radius 1 is 1.39 bits per heavy atom. The zero-order chi connectivity index (χ0) is 13.1. The number of nitrogens with zero attached hydrogens (tertiary/aromatic N) is 1. The molecule has 0 radical (unpaired) electrons. The van der Waals surface area contributed by atoms with Crippen molar-refractivity contribution < 1.29 is 4.79 Å². The molecule has 0 spiro atoms. The van der Waals surface area contributed by atoms with E-state index in [4.69, 9.17) is 11.5 Å². The number of thiophene rings is 1. The Morgan fingerprint density at radius 3 is 2.78 bits per heavy atom. The van der Waals surface area contributed by atoms with Crippen molar-refractivity contribution in [1.29, 1.82) is 0 Å². The summed E-state index contributed by atoms with van der Waals surface area (Å²) >= 11 is 1.70. The van der Waals surface area contributed by atoms with Crippen molar-refractivity contribution in [3.63, 3.8) is 0 Å². The molecule has 0 aliphatic carbocycles. The van der Waals surface area contributed by atoms with Crippen molar-refractivity contribution in [2.45, 2.75) is 13.3 Å². The molecule has 1 amide bonds. The van der Waals surface area contributed by atoms with Gasteiger partial charge >= 0.3 is 0 Å². The maximum atomic E-state index is 11.6. The van der Waals surface area contributed by atoms with Crippen LogP contribution in [0, 0.1) is 5.92 Å². The molecule has 1 atom stereocenters. The molecule has 5 heteroatoms. The molecule has 0 aliphatic heterocycles. The summed E-state index contributed by atoms with van der Waals surface area (Å²) in [7, 11) is 0. The smallest absolute Gasteiger partial charge is 0.252 e. The summed E-state index contributed by atoms with van der Waals surface area (Å²) in [5.74, 6) is -0.657. The lowest BCUT2D eigenvalue weighted by molar-refractivity contribution is -0.121. The van der Waals surface area contributed by atoms with E-state index < -0.39 is 0 Å². The molecule has 2 aromatic rings. The van der Waals surface area contributed by atoms with Crippen LogP contribution in [-0.4, -0.2) is 11.9 Å². The molecule has 94 valence electrons. The monoisotopic (exact) mass is 261 g/mol. The van der Waals surface area contributed by atoms with E-state index >= 15 is 0 Å². The fourth-order valence-electron chi connectivity index (χ4n) is 1.76. The molecule has 1 aromatic heterocycles. The maximum absolute atomic E-state index is 11.6. The first-order chi connectivity index (χ1) is 8.56. The first-order valence-electron chi connectivity index (χ1n) is 5.67. The number of nitrogens with two attached hydrogens (primary N) is 2. The van der Waals surface area contributed by atoms with Crippen LogP contribution in [0.2, 0.25) is 0 Å². The first kappa shape index (κ1) is 12.6. The van der Waals surface area contributed by atoms with Crippen LogP contribution in [0.5, 0.6) is 0 Å². The second-order valence-electron chi connectivity index (χ2n) is 4.23. The van der Waals surface area contributed by atoms with Crippen molar-refractivity contribution in [3.8, 4) is 0 Å². The summed E-state index contributed by atoms with van der Waals surface area (Å²) in [4.78, 5) is 16.4. The number of fused-ring (bicyclic) bond motifs is 1. The van der Waals surface area contributed by atoms with Gasteiger partial charge in [0.05, 0.1) is 0 Å². The van der Waals surface area contributed by atoms with Crippen molar-refractivity contribution in [2.24, 2.45) is 22.4 Å². The lowest BCUT2D eigenvalue weighted by atomic mass is 10.1. The van der Waals surface area contributed by atoms with Gasteiger partial charge in [-0.15, -0.1) is 11.3 Å². The number of hydrogen-bond donors (Lipinski definition) is 2. The van der Waals surface area contributed by atoms with E-state index in [0.29, 0.717) is 6.42 Å². The number of guanidine groups is 1. The van der Waals surface area contributed by atoms with Crippen molar-refractivity contribution in [3.05, 3.63) is 35.2 Å². The van der Waals surface area contributed by atoms with E-state index in [1.165, 1.54) is 15.0 Å². The predicted molar refractivity (Wildman–Crippen MR) is 75.5 cm³/mol. The van der Waals surface area contributed by atoms with Crippen LogP contribution in [0.4, 0.5) is 0 Å². The van der Waals surface area contributed by atoms with Gasteiger partial charge in [0.25, 0.3) is 5.91 Å². The molecule has 18 heavy (non-hydrogen) atoms. The molecule has 4 N–H and O–H groups in total. The van der Waals surface area contributed by atoms with Gasteiger partial charge in [-0.1, -0.05) is 25.1 Å². The van der Waals surface area contributed by atoms with Crippen LogP contribution >= 0.6 is 11.3 Å². The predicted octanol–water partition coefficient (Wildman–Crippen LogP) is 1.88. The van der Waals surface area contributed by atoms with Gasteiger partial charge in [-0.05, 0) is 23.9 Å². The van der Waals surface area contributed by atoms with Gasteiger partial charge < -0.3 is 11.5 Å². The molecule has 0 bridgehead atoms. The topological polar surface area (TPSA) is 81.5 Å². The lowest BCUT2D eigenvalue weighted by Crippen LogP contribution is -2.26. The van der Waals surface area contributed by atoms with Gasteiger partial charge in [-0.2, -0.15) is 4.99 Å². The van der Waals surface area contributed by atoms with Crippen molar-refractivity contribution in [1.82, 2.24) is 0 Å². The van der Waals surface area contributed by atoms with Crippen LogP contribution in [0.3, 0.4) is 0 Å². The Balaban J connectivity index is 2.14. The average molecular weight is 261 g/mol. The lowest BCUT2D eigenvalue weighted by Gasteiger charge is -2.04. The van der Waals surface area contributed by atoms with Crippen LogP contribution in [0.15, 0.2) is 35.3 Å². The molecule has 4 nitrogen and oxygen atoms in total. The minimum atomic E-state index is -0.271. The summed E-state index contributed by atoms with van der Waals surface area (Å²) in [6.45, 7) is 1.83. The van der Waals surface area contributed by atoms with Crippen molar-refractivity contribution in [2.75, 3.05) is 0 Å². The summed E-state index contributed by atoms with van der Waals surface area (Å²) < 4.78 is 1.23. The van der Waals surface area contributed by atoms with Gasteiger partial charge in [0.1, 0.15) is 0 Å². The number of aliphatic imine (C=N–C) groups is 1. The van der Waals surface area contributed by atoms with Crippen LogP contribution in [-0.2, 0) is 11.2 Å². The fourth-order valence-corrected chi connectivity index (χ4v) is 2.96. The highest BCUT2D eigenvalue weighted by molar-refractivity contribution is 7.19. The second kappa shape index (κ2) is 5.18. The summed E-state index contributed by atoms with van der Waals surface area (Å²) in [5.41, 5.74) is 10.4. The van der Waals surface area contributed by atoms with Gasteiger partial charge in [0.2, 0.25) is 0 Å². The summed E-state index contributed by atoms with van der Waals surface area (Å²) in [6.07, 6.45) is 0.662. The number of carbonyl (C=O) groups is 1. The minimum Gasteiger partial charge on any atom is -0.370 e. The Hall–Kier alpha value is -1.88. The Kier molecular flexibility index (Phi) is 3.62. The molecule has 1 aromatic carbocycles. The third kappa shape index (κ3) is 2.87. The first-order valence-corrected chi connectivity index (χ1v) is 6.49. The van der Waals surface area contributed by atoms with E-state index in [1.54, 1.807) is 11.3 Å². The number of carbonyl (C=O) groups excluding carboxylic acids is 1. The fraction of sp³-hybridized carbons (Fsp3) is 0.231. The number of amides is 1. The third-order valence-electron chi connectivity index (χ3n) is 2.64. The van der Waals surface area contributed by atoms with Crippen LogP contribution < -0.4 is 11.5 Å². The maximum Gasteiger partial charge on any atom is 0.252 e. The Bertz CT molecular complexity index is 566. The van der Waals surface area contributed by atoms with Crippen LogP contribution in [0.1, 0.15) is 11.8 Å². The molecule has 1 unspecified atom stereocenters. The molecule has 0 saturated carbocycles. The second-order valence-corrected chi connectivity index (χ2v) is 5.40. The highest BCUT2D eigenvalue weighted by Crippen LogP contribution is 2.27. The zero-order valence-electron chi connectivity index (χ0n) is 10.1. The quantitative estimate of drug-likeness (QED) is 0.653. The molecule has 2 rings (SSSR count). The standard InChI is InChI=1S/C13H15N3OS/c1-8(12(17)16-13(14)15)6-10-7-9-4-2-3-5-11(9)18-10/h2-5,7-8H,6H2,1H3,(H4,14,15,16,17). The summed E-state index contributed by atoms with van der Waals surface area (Å²) in [6, 6.07) is 10.3. The highest BCUT2D eigenvalue weighted by Gasteiger charge is 2.14. The number of benzene rings is 1. The zero-order valence-corrected chi connectivity index (χ0v) is 10.9. The van der Waals surface area contributed by atoms with Crippen LogP contribution in [0.25, 0.3) is 10.1 Å². The Morgan fingerprint density at radius 2 is 2.11 bits per heavy atom. The average Bonchev–Trinajstić information content (AvgIpc) is 2.69. The van der Waals surface area contributed by atoms with E-state index in [-0.39, 0.29) is 17.8 Å². The SMILES string of the molecule is CC(Cc1cc2ccccc2s1)C(=O)N=C(N)N. The molecular formula is C13H15N3OS. The third-order valence-corrected chi connectivity index (χ3v) is 3.78. The highest BCUT2D eigenvalue weighted by atomic mass is 32.1. The van der Waals surface area contributed by atoms with Gasteiger partial charge in [0.15, 0.2) is 5.96 Å². The van der Waals surface area contributed by atoms with E-state index in [1.807, 2.05) is 19.1 Å². The largest absolute Gasteiger partial charge is 0.370 e. The molecule has 0 aliphatic rings. The van der Waals surface area contributed by atoms with E-state index in [2.05, 4.69) is 23.2 Å². The van der Waals surface area contributed by atoms with Crippen molar-refractivity contribution >= 4 is 33.3 Å². The molecule has 0 fully saturated rings. The number of hydrogen-bond acceptors (Lipinski definition) is 2. The normalized spacial score (nSPS) is 12.3.